The van der Waals surface area contributed by atoms with Crippen molar-refractivity contribution in [3.8, 4) is 0 Å². The van der Waals surface area contributed by atoms with E-state index in [0.29, 0.717) is 28.2 Å². The fraction of sp³-hybridized carbons (Fsp3) is 0.531. The van der Waals surface area contributed by atoms with E-state index in [4.69, 9.17) is 0 Å². The number of H-pyrrole nitrogens is 1. The first-order valence-corrected chi connectivity index (χ1v) is 28.5. The SMILES string of the molecule is CC(=O)[C@H](CNC(=O)c1cn(CCCNC(=O)[C@H](CS(O)(O)O)NC(=O)CN2CCN(CC(=O)O)CCN(CC(O)O)CCN(CC(O)O)CC2)c2cc(CNc3ncc[nH]3)ccc2c1=O)NS(=O)(=O)c1c(C)cc(C)cc1C. The lowest BCUT2D eigenvalue weighted by Gasteiger charge is -2.34. The Balaban J connectivity index is 1.31. The van der Waals surface area contributed by atoms with E-state index in [2.05, 4.69) is 36.0 Å². The van der Waals surface area contributed by atoms with Crippen molar-refractivity contribution in [1.82, 2.24) is 54.8 Å². The normalized spacial score (nSPS) is 16.0. The highest BCUT2D eigenvalue weighted by Gasteiger charge is 2.31. The Morgan fingerprint density at radius 2 is 1.37 bits per heavy atom. The van der Waals surface area contributed by atoms with Gasteiger partial charge < -0.3 is 70.0 Å². The molecule has 0 spiro atoms. The highest BCUT2D eigenvalue weighted by Crippen LogP contribution is 2.33. The molecule has 5 rings (SSSR count). The summed E-state index contributed by atoms with van der Waals surface area (Å²) in [5.74, 6) is -4.86. The zero-order chi connectivity index (χ0) is 58.2. The molecule has 1 aliphatic heterocycles. The Kier molecular flexibility index (Phi) is 23.8. The first kappa shape index (κ1) is 63.9. The van der Waals surface area contributed by atoms with Crippen LogP contribution in [-0.4, -0.2) is 233 Å². The maximum absolute atomic E-state index is 14.0. The van der Waals surface area contributed by atoms with Crippen molar-refractivity contribution in [3.63, 3.8) is 0 Å². The van der Waals surface area contributed by atoms with Crippen molar-refractivity contribution in [2.24, 2.45) is 0 Å². The summed E-state index contributed by atoms with van der Waals surface area (Å²) in [7, 11) is -8.64. The van der Waals surface area contributed by atoms with Gasteiger partial charge in [0.25, 0.3) is 5.91 Å². The van der Waals surface area contributed by atoms with E-state index in [1.54, 1.807) is 74.7 Å². The number of pyridine rings is 1. The molecule has 3 amide bonds. The maximum atomic E-state index is 14.0. The molecule has 30 heteroatoms. The van der Waals surface area contributed by atoms with Gasteiger partial charge in [-0.05, 0) is 62.9 Å². The molecule has 14 N–H and O–H groups in total. The molecule has 2 aromatic carbocycles. The second kappa shape index (κ2) is 29.5. The summed E-state index contributed by atoms with van der Waals surface area (Å²) in [6.45, 7) is 6.19. The van der Waals surface area contributed by atoms with Gasteiger partial charge in [0.2, 0.25) is 27.3 Å². The number of aliphatic hydroxyl groups is 4. The van der Waals surface area contributed by atoms with Crippen molar-refractivity contribution < 1.29 is 71.6 Å². The molecular formula is C49H74N12O16S2. The van der Waals surface area contributed by atoms with Crippen LogP contribution in [-0.2, 0) is 42.3 Å². The number of β-amino-alcohol motifs (C(OH)–C–C–N with tert-alkyl or cyclic N) is 4. The van der Waals surface area contributed by atoms with Gasteiger partial charge in [-0.25, -0.2) is 13.4 Å². The smallest absolute Gasteiger partial charge is 0.317 e. The molecule has 3 heterocycles. The Morgan fingerprint density at radius 3 is 1.90 bits per heavy atom. The number of aryl methyl sites for hydroxylation is 4. The minimum absolute atomic E-state index is 0.00832. The number of fused-ring (bicyclic) bond motifs is 1. The zero-order valence-electron chi connectivity index (χ0n) is 44.5. The number of Topliss-reactive ketones (excluding diaryl/α,β-unsaturated/α-hetero) is 1. The van der Waals surface area contributed by atoms with Gasteiger partial charge in [0, 0.05) is 116 Å². The topological polar surface area (TPSA) is 405 Å². The van der Waals surface area contributed by atoms with Gasteiger partial charge in [0.1, 0.15) is 17.4 Å². The van der Waals surface area contributed by atoms with Crippen LogP contribution >= 0.6 is 10.9 Å². The van der Waals surface area contributed by atoms with Gasteiger partial charge in [-0.15, -0.1) is 0 Å². The van der Waals surface area contributed by atoms with Gasteiger partial charge in [-0.1, -0.05) is 23.8 Å². The average Bonchev–Trinajstić information content (AvgIpc) is 3.95. The lowest BCUT2D eigenvalue weighted by molar-refractivity contribution is -0.138. The van der Waals surface area contributed by atoms with Crippen LogP contribution in [0.4, 0.5) is 5.95 Å². The Morgan fingerprint density at radius 1 is 0.785 bits per heavy atom. The Labute approximate surface area is 458 Å². The Bertz CT molecular complexity index is 2880. The van der Waals surface area contributed by atoms with Gasteiger partial charge in [0.15, 0.2) is 18.5 Å². The number of nitrogens with zero attached hydrogens (tertiary/aromatic N) is 6. The Hall–Kier alpha value is -5.97. The molecule has 0 bridgehead atoms. The highest BCUT2D eigenvalue weighted by molar-refractivity contribution is 8.19. The number of aromatic amines is 1. The van der Waals surface area contributed by atoms with E-state index >= 15 is 0 Å². The molecule has 2 aromatic heterocycles. The third-order valence-corrected chi connectivity index (χ3v) is 15.4. The number of aliphatic carboxylic acids is 1. The number of anilines is 1. The number of carboxylic acids is 1. The summed E-state index contributed by atoms with van der Waals surface area (Å²) in [4.78, 5) is 93.5. The number of aliphatic hydroxyl groups excluding tert-OH is 2. The van der Waals surface area contributed by atoms with Crippen LogP contribution < -0.4 is 31.4 Å². The molecule has 0 radical (unpaired) electrons. The molecular weight excluding hydrogens is 1080 g/mol. The molecule has 1 fully saturated rings. The van der Waals surface area contributed by atoms with Crippen molar-refractivity contribution in [2.75, 3.05) is 103 Å². The van der Waals surface area contributed by atoms with E-state index in [0.717, 1.165) is 12.5 Å². The first-order chi connectivity index (χ1) is 37.2. The van der Waals surface area contributed by atoms with Crippen LogP contribution in [0.15, 0.2) is 58.6 Å². The number of aromatic nitrogens is 3. The molecule has 0 unspecified atom stereocenters. The second-order valence-electron chi connectivity index (χ2n) is 19.5. The van der Waals surface area contributed by atoms with E-state index in [1.165, 1.54) is 12.3 Å². The fourth-order valence-electron chi connectivity index (χ4n) is 9.18. The number of benzene rings is 2. The highest BCUT2D eigenvalue weighted by atomic mass is 32.3. The van der Waals surface area contributed by atoms with Crippen LogP contribution in [0.3, 0.4) is 0 Å². The quantitative estimate of drug-likeness (QED) is 0.0240. The second-order valence-corrected chi connectivity index (χ2v) is 22.8. The summed E-state index contributed by atoms with van der Waals surface area (Å²) >= 11 is 0. The standard InChI is InChI=1S/C49H74N12O16S2/c1-31-20-32(2)46(33(3)21-31)79(76,77)56-38(34(4)62)24-53-47(71)37-25-61(40-22-35(6-7-36(40)45(37)70)23-54-49-51-9-10-52-49)11-5-8-50-48(72)39(30-78(73,74)75)55-41(63)26-57-12-14-58(27-42(64)65)16-18-60(29-44(68)69)19-17-59(15-13-57)28-43(66)67/h6-7,9-10,20-22,25,38-39,42,44,56,64-65,68-69,73-75H,5,8,11-19,23-24,26-30H2,1-4H3,(H,50,72)(H,53,71)(H,55,63)(H,66,67)(H2,51,52,54)/t38-,39-/m0/s1. The molecule has 2 atom stereocenters. The minimum Gasteiger partial charge on any atom is -0.480 e. The number of imidazole rings is 1. The number of rotatable bonds is 26. The molecule has 4 aromatic rings. The predicted octanol–water partition coefficient (Wildman–Crippen LogP) is -1.93. The summed E-state index contributed by atoms with van der Waals surface area (Å²) < 4.78 is 61.4. The number of amides is 3. The fourth-order valence-corrected chi connectivity index (χ4v) is 11.6. The lowest BCUT2D eigenvalue weighted by atomic mass is 10.1. The number of carbonyl (C=O) groups excluding carboxylic acids is 4. The maximum Gasteiger partial charge on any atom is 0.317 e. The third-order valence-electron chi connectivity index (χ3n) is 12.9. The third kappa shape index (κ3) is 20.6. The van der Waals surface area contributed by atoms with Crippen molar-refractivity contribution in [3.05, 3.63) is 87.0 Å². The first-order valence-electron chi connectivity index (χ1n) is 25.3. The number of carboxylic acid groups (broad SMARTS) is 1. The number of hydrogen-bond donors (Lipinski definition) is 14. The predicted molar refractivity (Wildman–Crippen MR) is 292 cm³/mol. The lowest BCUT2D eigenvalue weighted by Crippen LogP contribution is -2.53. The average molecular weight is 1150 g/mol. The van der Waals surface area contributed by atoms with Gasteiger partial charge in [-0.2, -0.15) is 4.72 Å². The van der Waals surface area contributed by atoms with Crippen LogP contribution in [0.25, 0.3) is 10.9 Å². The molecule has 1 saturated heterocycles. The van der Waals surface area contributed by atoms with Crippen molar-refractivity contribution >= 4 is 67.2 Å². The van der Waals surface area contributed by atoms with Crippen molar-refractivity contribution in [2.45, 2.75) is 76.8 Å². The van der Waals surface area contributed by atoms with Crippen LogP contribution in [0, 0.1) is 20.8 Å². The monoisotopic (exact) mass is 1150 g/mol. The van der Waals surface area contributed by atoms with Crippen LogP contribution in [0.2, 0.25) is 0 Å². The van der Waals surface area contributed by atoms with Gasteiger partial charge in [0.05, 0.1) is 46.2 Å². The molecule has 0 saturated carbocycles. The molecule has 28 nitrogen and oxygen atoms in total. The minimum atomic E-state index is -4.38. The summed E-state index contributed by atoms with van der Waals surface area (Å²) in [5, 5.41) is 59.3. The molecule has 1 aliphatic rings. The largest absolute Gasteiger partial charge is 0.480 e. The van der Waals surface area contributed by atoms with E-state index < -0.39 is 99.3 Å². The van der Waals surface area contributed by atoms with E-state index in [1.807, 2.05) is 6.92 Å². The number of nitrogens with one attached hydrogen (secondary N) is 6. The van der Waals surface area contributed by atoms with Gasteiger partial charge >= 0.3 is 5.97 Å². The number of carbonyl (C=O) groups is 5. The molecule has 438 valence electrons. The van der Waals surface area contributed by atoms with Crippen LogP contribution in [0.5, 0.6) is 0 Å². The zero-order valence-corrected chi connectivity index (χ0v) is 46.1. The number of ketones is 1. The molecule has 79 heavy (non-hydrogen) atoms. The van der Waals surface area contributed by atoms with Crippen molar-refractivity contribution in [1.29, 1.82) is 0 Å². The number of hydrogen-bond acceptors (Lipinski definition) is 21. The van der Waals surface area contributed by atoms with Crippen LogP contribution in [0.1, 0.15) is 46.0 Å². The summed E-state index contributed by atoms with van der Waals surface area (Å²) in [5.41, 5.74) is 1.83. The van der Waals surface area contributed by atoms with Gasteiger partial charge in [-0.3, -0.25) is 48.4 Å². The molecule has 0 aliphatic carbocycles. The summed E-state index contributed by atoms with van der Waals surface area (Å²) in [6, 6.07) is 5.21. The van der Waals surface area contributed by atoms with E-state index in [9.17, 15) is 76.4 Å². The van der Waals surface area contributed by atoms with E-state index in [-0.39, 0.29) is 114 Å². The number of sulfonamides is 1. The summed E-state index contributed by atoms with van der Waals surface area (Å²) in [6.07, 6.45) is 1.19.